The second-order valence-corrected chi connectivity index (χ2v) is 9.16. The zero-order chi connectivity index (χ0) is 18.4. The third kappa shape index (κ3) is 3.99. The van der Waals surface area contributed by atoms with E-state index in [1.54, 1.807) is 7.11 Å². The highest BCUT2D eigenvalue weighted by Crippen LogP contribution is 2.52. The molecule has 0 bridgehead atoms. The summed E-state index contributed by atoms with van der Waals surface area (Å²) in [6.45, 7) is 0.281. The van der Waals surface area contributed by atoms with Crippen LogP contribution in [0.3, 0.4) is 0 Å². The van der Waals surface area contributed by atoms with Crippen LogP contribution in [0.1, 0.15) is 5.56 Å². The van der Waals surface area contributed by atoms with E-state index in [4.69, 9.17) is 16.3 Å². The Morgan fingerprint density at radius 3 is 1.85 bits per heavy atom. The van der Waals surface area contributed by atoms with Crippen LogP contribution in [0.4, 0.5) is 0 Å². The predicted molar refractivity (Wildman–Crippen MR) is 111 cm³/mol. The molecule has 0 aliphatic rings. The van der Waals surface area contributed by atoms with Gasteiger partial charge in [-0.3, -0.25) is 0 Å². The highest BCUT2D eigenvalue weighted by molar-refractivity contribution is 7.82. The summed E-state index contributed by atoms with van der Waals surface area (Å²) in [4.78, 5) is 0. The lowest BCUT2D eigenvalue weighted by Gasteiger charge is -2.22. The molecule has 0 aliphatic carbocycles. The number of hydrogen-bond acceptors (Lipinski definition) is 2. The number of ether oxygens (including phenoxy) is 1. The summed E-state index contributed by atoms with van der Waals surface area (Å²) in [6, 6.07) is 26.7. The van der Waals surface area contributed by atoms with Crippen molar-refractivity contribution in [1.82, 2.24) is 0 Å². The highest BCUT2D eigenvalue weighted by atomic mass is 35.5. The van der Waals surface area contributed by atoms with Gasteiger partial charge >= 0.3 is 0 Å². The van der Waals surface area contributed by atoms with Crippen molar-refractivity contribution >= 4 is 35.4 Å². The molecular weight excluding hydrogens is 363 g/mol. The first kappa shape index (κ1) is 18.7. The Morgan fingerprint density at radius 1 is 0.885 bits per heavy atom. The second-order valence-electron chi connectivity index (χ2n) is 5.90. The average molecular weight is 383 g/mol. The molecule has 0 unspecified atom stereocenters. The number of benzene rings is 3. The van der Waals surface area contributed by atoms with Crippen LogP contribution in [0.15, 0.2) is 90.2 Å². The van der Waals surface area contributed by atoms with Crippen molar-refractivity contribution in [3.05, 3.63) is 101 Å². The minimum Gasteiger partial charge on any atom is -0.380 e. The maximum atomic E-state index is 14.4. The van der Waals surface area contributed by atoms with E-state index >= 15 is 0 Å². The van der Waals surface area contributed by atoms with Gasteiger partial charge in [0.05, 0.1) is 6.61 Å². The fraction of sp³-hybridized carbons (Fsp3) is 0.0909. The first-order valence-electron chi connectivity index (χ1n) is 8.31. The van der Waals surface area contributed by atoms with Gasteiger partial charge in [-0.1, -0.05) is 84.4 Å². The minimum atomic E-state index is -3.02. The van der Waals surface area contributed by atoms with Crippen LogP contribution in [0.5, 0.6) is 0 Å². The molecule has 0 aliphatic heterocycles. The lowest BCUT2D eigenvalue weighted by Crippen LogP contribution is -2.19. The summed E-state index contributed by atoms with van der Waals surface area (Å²) < 4.78 is 19.8. The smallest absolute Gasteiger partial charge is 0.169 e. The van der Waals surface area contributed by atoms with Gasteiger partial charge in [0.15, 0.2) is 7.14 Å². The van der Waals surface area contributed by atoms with Gasteiger partial charge in [-0.2, -0.15) is 0 Å². The lowest BCUT2D eigenvalue weighted by atomic mass is 10.2. The Bertz CT molecular complexity index is 876. The van der Waals surface area contributed by atoms with Gasteiger partial charge in [0, 0.05) is 28.1 Å². The molecule has 0 N–H and O–H groups in total. The molecule has 2 nitrogen and oxygen atoms in total. The van der Waals surface area contributed by atoms with Gasteiger partial charge in [0.25, 0.3) is 0 Å². The van der Waals surface area contributed by atoms with Crippen molar-refractivity contribution in [1.29, 1.82) is 0 Å². The van der Waals surface area contributed by atoms with Crippen molar-refractivity contribution in [3.8, 4) is 0 Å². The molecule has 132 valence electrons. The third-order valence-electron chi connectivity index (χ3n) is 4.14. The van der Waals surface area contributed by atoms with Crippen LogP contribution in [-0.2, 0) is 9.30 Å². The Hall–Kier alpha value is -2.12. The number of rotatable bonds is 6. The van der Waals surface area contributed by atoms with Gasteiger partial charge in [-0.25, -0.2) is 0 Å². The summed E-state index contributed by atoms with van der Waals surface area (Å²) >= 11 is 5.99. The lowest BCUT2D eigenvalue weighted by molar-refractivity contribution is 0.231. The van der Waals surface area contributed by atoms with E-state index < -0.39 is 7.14 Å². The monoisotopic (exact) mass is 382 g/mol. The minimum absolute atomic E-state index is 0.281. The molecule has 0 saturated carbocycles. The van der Waals surface area contributed by atoms with Crippen molar-refractivity contribution in [2.24, 2.45) is 0 Å². The molecule has 0 amide bonds. The maximum absolute atomic E-state index is 14.4. The Morgan fingerprint density at radius 2 is 1.38 bits per heavy atom. The summed E-state index contributed by atoms with van der Waals surface area (Å²) in [7, 11) is -1.40. The molecule has 26 heavy (non-hydrogen) atoms. The zero-order valence-corrected chi connectivity index (χ0v) is 16.2. The second kappa shape index (κ2) is 8.51. The summed E-state index contributed by atoms with van der Waals surface area (Å²) in [5.74, 6) is 0. The van der Waals surface area contributed by atoms with Gasteiger partial charge < -0.3 is 9.30 Å². The number of halogens is 1. The summed E-state index contributed by atoms with van der Waals surface area (Å²) in [5, 5.41) is 3.01. The number of methoxy groups -OCH3 is 1. The first-order valence-corrected chi connectivity index (χ1v) is 10.4. The molecule has 0 spiro atoms. The van der Waals surface area contributed by atoms with E-state index in [1.165, 1.54) is 0 Å². The Labute approximate surface area is 159 Å². The third-order valence-corrected chi connectivity index (χ3v) is 7.51. The van der Waals surface area contributed by atoms with Crippen LogP contribution in [0.25, 0.3) is 6.08 Å². The van der Waals surface area contributed by atoms with Crippen LogP contribution in [-0.4, -0.2) is 13.7 Å². The predicted octanol–water partition coefficient (Wildman–Crippen LogP) is 5.34. The maximum Gasteiger partial charge on any atom is 0.169 e. The molecule has 0 heterocycles. The molecular formula is C22H20ClO2P. The fourth-order valence-corrected chi connectivity index (χ4v) is 5.79. The van der Waals surface area contributed by atoms with Crippen molar-refractivity contribution in [3.63, 3.8) is 0 Å². The molecule has 0 radical (unpaired) electrons. The number of hydrogen-bond donors (Lipinski definition) is 0. The van der Waals surface area contributed by atoms with Crippen molar-refractivity contribution in [2.45, 2.75) is 0 Å². The standard InChI is InChI=1S/C22H20ClO2P/c1-25-17-22(16-18-12-14-19(23)15-13-18)26(24,20-8-4-2-5-9-20)21-10-6-3-7-11-21/h2-16H,17H2,1H3/b22-16-. The van der Waals surface area contributed by atoms with Crippen LogP contribution in [0.2, 0.25) is 5.02 Å². The molecule has 0 fully saturated rings. The van der Waals surface area contributed by atoms with Crippen molar-refractivity contribution < 1.29 is 9.30 Å². The SMILES string of the molecule is COC/C(=C/c1ccc(Cl)cc1)P(=O)(c1ccccc1)c1ccccc1. The van der Waals surface area contributed by atoms with Crippen LogP contribution < -0.4 is 10.6 Å². The molecule has 3 aromatic carbocycles. The van der Waals surface area contributed by atoms with E-state index in [2.05, 4.69) is 0 Å². The van der Waals surface area contributed by atoms with Gasteiger partial charge in [0.1, 0.15) is 0 Å². The van der Waals surface area contributed by atoms with Crippen LogP contribution >= 0.6 is 18.7 Å². The fourth-order valence-electron chi connectivity index (χ4n) is 2.88. The quantitative estimate of drug-likeness (QED) is 0.538. The Balaban J connectivity index is 2.21. The summed E-state index contributed by atoms with van der Waals surface area (Å²) in [5.41, 5.74) is 0.938. The molecule has 0 aromatic heterocycles. The van der Waals surface area contributed by atoms with E-state index in [0.717, 1.165) is 21.5 Å². The van der Waals surface area contributed by atoms with E-state index in [0.29, 0.717) is 5.02 Å². The van der Waals surface area contributed by atoms with E-state index in [9.17, 15) is 4.57 Å². The van der Waals surface area contributed by atoms with Crippen molar-refractivity contribution in [2.75, 3.05) is 13.7 Å². The molecule has 0 saturated heterocycles. The molecule has 0 atom stereocenters. The van der Waals surface area contributed by atoms with E-state index in [1.807, 2.05) is 91.0 Å². The summed E-state index contributed by atoms with van der Waals surface area (Å²) in [6.07, 6.45) is 1.95. The first-order chi connectivity index (χ1) is 12.6. The topological polar surface area (TPSA) is 26.3 Å². The van der Waals surface area contributed by atoms with Gasteiger partial charge in [-0.05, 0) is 23.8 Å². The normalized spacial score (nSPS) is 12.2. The Kier molecular flexibility index (Phi) is 6.11. The van der Waals surface area contributed by atoms with E-state index in [-0.39, 0.29) is 6.61 Å². The highest BCUT2D eigenvalue weighted by Gasteiger charge is 2.31. The van der Waals surface area contributed by atoms with Gasteiger partial charge in [-0.15, -0.1) is 0 Å². The molecule has 3 rings (SSSR count). The molecule has 4 heteroatoms. The molecule has 3 aromatic rings. The zero-order valence-electron chi connectivity index (χ0n) is 14.5. The average Bonchev–Trinajstić information content (AvgIpc) is 2.70. The van der Waals surface area contributed by atoms with Crippen LogP contribution in [0, 0.1) is 0 Å². The van der Waals surface area contributed by atoms with Gasteiger partial charge in [0.2, 0.25) is 0 Å². The largest absolute Gasteiger partial charge is 0.380 e.